The first-order valence-corrected chi connectivity index (χ1v) is 12.7. The molecule has 34 heavy (non-hydrogen) atoms. The van der Waals surface area contributed by atoms with E-state index >= 15 is 13.2 Å². The number of ether oxygens (including phenoxy) is 1. The maximum absolute atomic E-state index is 15.6. The molecule has 0 aromatic heterocycles. The normalized spacial score (nSPS) is 20.1. The zero-order valence-corrected chi connectivity index (χ0v) is 20.3. The van der Waals surface area contributed by atoms with Gasteiger partial charge in [-0.3, -0.25) is 4.79 Å². The van der Waals surface area contributed by atoms with Gasteiger partial charge in [0.25, 0.3) is 5.92 Å². The molecule has 1 aliphatic rings. The molecule has 1 aliphatic heterocycles. The molecule has 0 bridgehead atoms. The lowest BCUT2D eigenvalue weighted by atomic mass is 9.95. The van der Waals surface area contributed by atoms with Crippen LogP contribution in [0.1, 0.15) is 26.3 Å². The molecular weight excluding hydrogens is 469 g/mol. The summed E-state index contributed by atoms with van der Waals surface area (Å²) in [7, 11) is -2.52. The standard InChI is InChI=1S/C24H29F3N2O4S/c1-5-34(31,32)28-22-20(29(14-24(22,26)27)23(30)15(2)3)13-17-9-7-11-19(21(17)25)16-8-6-10-18(12-16)33-4/h6-12,15,20,22,28H,5,13-14H2,1-4H3/t20-,22+/m0/s1. The molecule has 1 N–H and O–H groups in total. The number of likely N-dealkylation sites (tertiary alicyclic amines) is 1. The lowest BCUT2D eigenvalue weighted by molar-refractivity contribution is -0.136. The third-order valence-electron chi connectivity index (χ3n) is 5.97. The summed E-state index contributed by atoms with van der Waals surface area (Å²) in [6.45, 7) is 3.54. The van der Waals surface area contributed by atoms with E-state index in [4.69, 9.17) is 4.74 Å². The molecule has 2 aromatic carbocycles. The van der Waals surface area contributed by atoms with Crippen LogP contribution in [0.15, 0.2) is 42.5 Å². The highest BCUT2D eigenvalue weighted by Gasteiger charge is 2.57. The van der Waals surface area contributed by atoms with E-state index in [1.807, 2.05) is 0 Å². The fourth-order valence-corrected chi connectivity index (χ4v) is 5.01. The Labute approximate surface area is 198 Å². The zero-order chi connectivity index (χ0) is 25.3. The summed E-state index contributed by atoms with van der Waals surface area (Å²) < 4.78 is 77.2. The second-order valence-electron chi connectivity index (χ2n) is 8.66. The summed E-state index contributed by atoms with van der Waals surface area (Å²) in [5.74, 6) is -5.15. The first-order chi connectivity index (χ1) is 15.9. The number of benzene rings is 2. The first-order valence-electron chi connectivity index (χ1n) is 11.0. The highest BCUT2D eigenvalue weighted by Crippen LogP contribution is 2.37. The summed E-state index contributed by atoms with van der Waals surface area (Å²) in [4.78, 5) is 13.7. The summed E-state index contributed by atoms with van der Waals surface area (Å²) in [6.07, 6.45) is -0.283. The molecule has 1 fully saturated rings. The van der Waals surface area contributed by atoms with E-state index in [2.05, 4.69) is 4.72 Å². The van der Waals surface area contributed by atoms with Crippen molar-refractivity contribution in [2.45, 2.75) is 45.2 Å². The Hall–Kier alpha value is -2.59. The average Bonchev–Trinajstić information content (AvgIpc) is 3.03. The average molecular weight is 499 g/mol. The van der Waals surface area contributed by atoms with Crippen LogP contribution in [-0.2, 0) is 21.2 Å². The SMILES string of the molecule is CCS(=O)(=O)N[C@@H]1[C@H](Cc2cccc(-c3cccc(OC)c3)c2F)N(C(=O)C(C)C)CC1(F)F. The minimum atomic E-state index is -4.01. The van der Waals surface area contributed by atoms with Gasteiger partial charge >= 0.3 is 0 Å². The smallest absolute Gasteiger partial charge is 0.283 e. The molecule has 2 aromatic rings. The van der Waals surface area contributed by atoms with E-state index in [1.54, 1.807) is 50.2 Å². The van der Waals surface area contributed by atoms with Crippen LogP contribution in [-0.4, -0.2) is 56.6 Å². The number of sulfonamides is 1. The van der Waals surface area contributed by atoms with Crippen molar-refractivity contribution in [2.24, 2.45) is 5.92 Å². The van der Waals surface area contributed by atoms with Crippen molar-refractivity contribution in [3.05, 3.63) is 53.8 Å². The van der Waals surface area contributed by atoms with Gasteiger partial charge in [-0.2, -0.15) is 0 Å². The number of carbonyl (C=O) groups is 1. The Bertz CT molecular complexity index is 1150. The highest BCUT2D eigenvalue weighted by molar-refractivity contribution is 7.89. The van der Waals surface area contributed by atoms with Crippen LogP contribution in [0.5, 0.6) is 5.75 Å². The maximum Gasteiger partial charge on any atom is 0.283 e. The largest absolute Gasteiger partial charge is 0.497 e. The van der Waals surface area contributed by atoms with Crippen LogP contribution in [0.25, 0.3) is 11.1 Å². The van der Waals surface area contributed by atoms with Crippen LogP contribution in [0, 0.1) is 11.7 Å². The Morgan fingerprint density at radius 1 is 1.24 bits per heavy atom. The molecule has 0 unspecified atom stereocenters. The predicted molar refractivity (Wildman–Crippen MR) is 124 cm³/mol. The van der Waals surface area contributed by atoms with Crippen molar-refractivity contribution < 1.29 is 31.1 Å². The number of nitrogens with zero attached hydrogens (tertiary/aromatic N) is 1. The van der Waals surface area contributed by atoms with Gasteiger partial charge in [-0.15, -0.1) is 0 Å². The number of halogens is 3. The second-order valence-corrected chi connectivity index (χ2v) is 10.7. The number of amides is 1. The molecule has 186 valence electrons. The summed E-state index contributed by atoms with van der Waals surface area (Å²) in [5, 5.41) is 0. The number of rotatable bonds is 8. The van der Waals surface area contributed by atoms with E-state index in [1.165, 1.54) is 20.1 Å². The molecule has 1 amide bonds. The van der Waals surface area contributed by atoms with Gasteiger partial charge in [-0.05, 0) is 36.6 Å². The fourth-order valence-electron chi connectivity index (χ4n) is 4.12. The molecule has 1 saturated heterocycles. The monoisotopic (exact) mass is 498 g/mol. The van der Waals surface area contributed by atoms with Crippen LogP contribution < -0.4 is 9.46 Å². The summed E-state index contributed by atoms with van der Waals surface area (Å²) >= 11 is 0. The third kappa shape index (κ3) is 5.38. The van der Waals surface area contributed by atoms with Crippen LogP contribution >= 0.6 is 0 Å². The van der Waals surface area contributed by atoms with Gasteiger partial charge in [0.05, 0.1) is 25.4 Å². The summed E-state index contributed by atoms with van der Waals surface area (Å²) in [6, 6.07) is 8.24. The molecule has 10 heteroatoms. The van der Waals surface area contributed by atoms with Crippen molar-refractivity contribution in [3.63, 3.8) is 0 Å². The van der Waals surface area contributed by atoms with Crippen molar-refractivity contribution in [1.82, 2.24) is 9.62 Å². The zero-order valence-electron chi connectivity index (χ0n) is 19.5. The maximum atomic E-state index is 15.6. The predicted octanol–water partition coefficient (Wildman–Crippen LogP) is 3.85. The minimum absolute atomic E-state index is 0.102. The Kier molecular flexibility index (Phi) is 7.62. The molecular formula is C24H29F3N2O4S. The van der Waals surface area contributed by atoms with Gasteiger partial charge in [-0.1, -0.05) is 44.2 Å². The van der Waals surface area contributed by atoms with Crippen LogP contribution in [0.3, 0.4) is 0 Å². The number of carbonyl (C=O) groups excluding carboxylic acids is 1. The van der Waals surface area contributed by atoms with Crippen LogP contribution in [0.4, 0.5) is 13.2 Å². The lowest BCUT2D eigenvalue weighted by Gasteiger charge is -2.29. The molecule has 0 spiro atoms. The molecule has 2 atom stereocenters. The Balaban J connectivity index is 2.04. The quantitative estimate of drug-likeness (QED) is 0.600. The number of nitrogens with one attached hydrogen (secondary N) is 1. The molecule has 0 radical (unpaired) electrons. The molecule has 6 nitrogen and oxygen atoms in total. The third-order valence-corrected chi connectivity index (χ3v) is 7.35. The van der Waals surface area contributed by atoms with E-state index in [0.717, 1.165) is 4.90 Å². The van der Waals surface area contributed by atoms with E-state index in [0.29, 0.717) is 11.3 Å². The lowest BCUT2D eigenvalue weighted by Crippen LogP contribution is -2.53. The number of hydrogen-bond acceptors (Lipinski definition) is 4. The molecule has 3 rings (SSSR count). The van der Waals surface area contributed by atoms with Gasteiger partial charge in [0.15, 0.2) is 0 Å². The fraction of sp³-hybridized carbons (Fsp3) is 0.458. The topological polar surface area (TPSA) is 75.7 Å². The van der Waals surface area contributed by atoms with Crippen LogP contribution in [0.2, 0.25) is 0 Å². The van der Waals surface area contributed by atoms with Gasteiger partial charge < -0.3 is 9.64 Å². The van der Waals surface area contributed by atoms with Crippen molar-refractivity contribution in [2.75, 3.05) is 19.4 Å². The van der Waals surface area contributed by atoms with E-state index in [-0.39, 0.29) is 17.5 Å². The van der Waals surface area contributed by atoms with Gasteiger partial charge in [-0.25, -0.2) is 26.3 Å². The first kappa shape index (κ1) is 26.0. The second kappa shape index (κ2) is 9.95. The van der Waals surface area contributed by atoms with E-state index < -0.39 is 58.0 Å². The van der Waals surface area contributed by atoms with Crippen molar-refractivity contribution in [1.29, 1.82) is 0 Å². The number of alkyl halides is 2. The van der Waals surface area contributed by atoms with Gasteiger partial charge in [0.2, 0.25) is 15.9 Å². The Morgan fingerprint density at radius 3 is 2.53 bits per heavy atom. The molecule has 0 aliphatic carbocycles. The number of methoxy groups -OCH3 is 1. The minimum Gasteiger partial charge on any atom is -0.497 e. The Morgan fingerprint density at radius 2 is 1.91 bits per heavy atom. The van der Waals surface area contributed by atoms with E-state index in [9.17, 15) is 13.2 Å². The summed E-state index contributed by atoms with van der Waals surface area (Å²) in [5.41, 5.74) is 0.882. The van der Waals surface area contributed by atoms with Gasteiger partial charge in [0, 0.05) is 11.5 Å². The van der Waals surface area contributed by atoms with Crippen molar-refractivity contribution >= 4 is 15.9 Å². The van der Waals surface area contributed by atoms with Crippen molar-refractivity contribution in [3.8, 4) is 16.9 Å². The highest BCUT2D eigenvalue weighted by atomic mass is 32.2. The molecule has 0 saturated carbocycles. The number of hydrogen-bond donors (Lipinski definition) is 1. The van der Waals surface area contributed by atoms with Gasteiger partial charge in [0.1, 0.15) is 17.6 Å². The molecule has 1 heterocycles.